The molecule has 0 saturated carbocycles. The number of nitrogens with zero attached hydrogens (tertiary/aromatic N) is 4. The number of anilines is 1. The van der Waals surface area contributed by atoms with Crippen LogP contribution in [0.2, 0.25) is 0 Å². The number of likely N-dealkylation sites (N-methyl/N-ethyl adjacent to an activating group) is 1. The largest absolute Gasteiger partial charge is 0.369 e. The Morgan fingerprint density at radius 3 is 3.04 bits per heavy atom. The van der Waals surface area contributed by atoms with E-state index in [4.69, 9.17) is 0 Å². The van der Waals surface area contributed by atoms with Crippen molar-refractivity contribution in [3.8, 4) is 11.1 Å². The standard InChI is InChI=1S/C18H22N6/c1-2-21-14-4-3-7-24(11-14)16-5-6-22-18-17(16)15(10-23-18)13-8-19-12-20-9-13/h5-6,8-10,12,14,21H,2-4,7,11H2,1H3,(H,22,23)/t14-/m0/s1. The Bertz CT molecular complexity index is 811. The molecular formula is C18H22N6. The predicted molar refractivity (Wildman–Crippen MR) is 96.0 cm³/mol. The highest BCUT2D eigenvalue weighted by Gasteiger charge is 2.22. The second kappa shape index (κ2) is 6.57. The van der Waals surface area contributed by atoms with Crippen LogP contribution in [0.5, 0.6) is 0 Å². The number of nitrogens with one attached hydrogen (secondary N) is 2. The molecule has 1 aliphatic heterocycles. The molecule has 2 N–H and O–H groups in total. The van der Waals surface area contributed by atoms with E-state index in [1.165, 1.54) is 18.5 Å². The molecule has 1 atom stereocenters. The van der Waals surface area contributed by atoms with Crippen LogP contribution in [0.25, 0.3) is 22.2 Å². The van der Waals surface area contributed by atoms with E-state index in [0.717, 1.165) is 41.8 Å². The molecule has 6 heteroatoms. The SMILES string of the molecule is CCN[C@H]1CCCN(c2ccnc3[nH]cc(-c4cncnc4)c23)C1. The van der Waals surface area contributed by atoms with Crippen molar-refractivity contribution in [2.45, 2.75) is 25.8 Å². The Morgan fingerprint density at radius 2 is 2.21 bits per heavy atom. The molecule has 0 bridgehead atoms. The summed E-state index contributed by atoms with van der Waals surface area (Å²) in [5.74, 6) is 0. The van der Waals surface area contributed by atoms with E-state index in [2.05, 4.69) is 43.1 Å². The lowest BCUT2D eigenvalue weighted by atomic mass is 10.0. The second-order valence-corrected chi connectivity index (χ2v) is 6.23. The summed E-state index contributed by atoms with van der Waals surface area (Å²) in [4.78, 5) is 18.6. The van der Waals surface area contributed by atoms with Crippen molar-refractivity contribution in [1.82, 2.24) is 25.3 Å². The molecule has 4 heterocycles. The third-order valence-electron chi connectivity index (χ3n) is 4.68. The molecule has 3 aromatic rings. The van der Waals surface area contributed by atoms with Crippen molar-refractivity contribution < 1.29 is 0 Å². The first-order chi connectivity index (χ1) is 11.9. The highest BCUT2D eigenvalue weighted by molar-refractivity contribution is 6.02. The smallest absolute Gasteiger partial charge is 0.139 e. The number of hydrogen-bond donors (Lipinski definition) is 2. The first-order valence-electron chi connectivity index (χ1n) is 8.56. The summed E-state index contributed by atoms with van der Waals surface area (Å²) in [6.07, 6.45) is 11.6. The van der Waals surface area contributed by atoms with Crippen LogP contribution in [0, 0.1) is 0 Å². The lowest BCUT2D eigenvalue weighted by Gasteiger charge is -2.35. The van der Waals surface area contributed by atoms with Gasteiger partial charge in [0, 0.05) is 60.7 Å². The average molecular weight is 322 g/mol. The molecule has 0 radical (unpaired) electrons. The Balaban J connectivity index is 1.77. The van der Waals surface area contributed by atoms with E-state index in [9.17, 15) is 0 Å². The van der Waals surface area contributed by atoms with Crippen molar-refractivity contribution in [2.24, 2.45) is 0 Å². The Hall–Kier alpha value is -2.47. The number of aromatic amines is 1. The summed E-state index contributed by atoms with van der Waals surface area (Å²) in [6.45, 7) is 5.30. The lowest BCUT2D eigenvalue weighted by Crippen LogP contribution is -2.45. The zero-order valence-corrected chi connectivity index (χ0v) is 13.9. The zero-order valence-electron chi connectivity index (χ0n) is 13.9. The maximum absolute atomic E-state index is 4.50. The van der Waals surface area contributed by atoms with Crippen LogP contribution in [-0.4, -0.2) is 45.6 Å². The fraction of sp³-hybridized carbons (Fsp3) is 0.389. The second-order valence-electron chi connectivity index (χ2n) is 6.23. The highest BCUT2D eigenvalue weighted by Crippen LogP contribution is 2.35. The summed E-state index contributed by atoms with van der Waals surface area (Å²) in [6, 6.07) is 2.67. The number of hydrogen-bond acceptors (Lipinski definition) is 5. The molecule has 0 aromatic carbocycles. The molecule has 124 valence electrons. The van der Waals surface area contributed by atoms with Crippen LogP contribution in [-0.2, 0) is 0 Å². The van der Waals surface area contributed by atoms with E-state index < -0.39 is 0 Å². The predicted octanol–water partition coefficient (Wildman–Crippen LogP) is 2.60. The van der Waals surface area contributed by atoms with Crippen LogP contribution in [0.4, 0.5) is 5.69 Å². The van der Waals surface area contributed by atoms with Crippen LogP contribution in [0.1, 0.15) is 19.8 Å². The fourth-order valence-electron chi connectivity index (χ4n) is 3.62. The van der Waals surface area contributed by atoms with Crippen LogP contribution >= 0.6 is 0 Å². The summed E-state index contributed by atoms with van der Waals surface area (Å²) < 4.78 is 0. The third kappa shape index (κ3) is 2.73. The van der Waals surface area contributed by atoms with Crippen molar-refractivity contribution in [3.63, 3.8) is 0 Å². The van der Waals surface area contributed by atoms with Crippen molar-refractivity contribution in [3.05, 3.63) is 37.2 Å². The molecule has 1 saturated heterocycles. The zero-order chi connectivity index (χ0) is 16.4. The first kappa shape index (κ1) is 15.1. The van der Waals surface area contributed by atoms with Crippen LogP contribution in [0.15, 0.2) is 37.2 Å². The number of rotatable bonds is 4. The molecule has 0 unspecified atom stereocenters. The fourth-order valence-corrected chi connectivity index (χ4v) is 3.62. The average Bonchev–Trinajstić information content (AvgIpc) is 3.07. The van der Waals surface area contributed by atoms with Gasteiger partial charge in [-0.05, 0) is 25.5 Å². The maximum Gasteiger partial charge on any atom is 0.139 e. The molecule has 0 aliphatic carbocycles. The van der Waals surface area contributed by atoms with Gasteiger partial charge in [-0.15, -0.1) is 0 Å². The van der Waals surface area contributed by atoms with E-state index >= 15 is 0 Å². The summed E-state index contributed by atoms with van der Waals surface area (Å²) >= 11 is 0. The lowest BCUT2D eigenvalue weighted by molar-refractivity contribution is 0.432. The first-order valence-corrected chi connectivity index (χ1v) is 8.56. The normalized spacial score (nSPS) is 18.2. The summed E-state index contributed by atoms with van der Waals surface area (Å²) in [7, 11) is 0. The molecule has 0 amide bonds. The van der Waals surface area contributed by atoms with Gasteiger partial charge in [0.05, 0.1) is 5.39 Å². The van der Waals surface area contributed by atoms with E-state index in [0.29, 0.717) is 6.04 Å². The minimum atomic E-state index is 0.550. The molecule has 6 nitrogen and oxygen atoms in total. The van der Waals surface area contributed by atoms with Gasteiger partial charge in [0.1, 0.15) is 12.0 Å². The van der Waals surface area contributed by atoms with Gasteiger partial charge < -0.3 is 15.2 Å². The van der Waals surface area contributed by atoms with Gasteiger partial charge in [0.15, 0.2) is 0 Å². The van der Waals surface area contributed by atoms with Crippen LogP contribution < -0.4 is 10.2 Å². The van der Waals surface area contributed by atoms with Gasteiger partial charge in [0.25, 0.3) is 0 Å². The minimum Gasteiger partial charge on any atom is -0.369 e. The number of H-pyrrole nitrogens is 1. The monoisotopic (exact) mass is 322 g/mol. The minimum absolute atomic E-state index is 0.550. The van der Waals surface area contributed by atoms with Gasteiger partial charge in [-0.1, -0.05) is 6.92 Å². The van der Waals surface area contributed by atoms with E-state index in [1.807, 2.05) is 24.8 Å². The van der Waals surface area contributed by atoms with Crippen molar-refractivity contribution >= 4 is 16.7 Å². The summed E-state index contributed by atoms with van der Waals surface area (Å²) in [5, 5.41) is 4.74. The number of aromatic nitrogens is 4. The van der Waals surface area contributed by atoms with Gasteiger partial charge >= 0.3 is 0 Å². The van der Waals surface area contributed by atoms with Gasteiger partial charge in [-0.2, -0.15) is 0 Å². The maximum atomic E-state index is 4.50. The molecule has 0 spiro atoms. The Morgan fingerprint density at radius 1 is 1.33 bits per heavy atom. The van der Waals surface area contributed by atoms with Crippen molar-refractivity contribution in [2.75, 3.05) is 24.5 Å². The quantitative estimate of drug-likeness (QED) is 0.773. The molecule has 1 fully saturated rings. The van der Waals surface area contributed by atoms with Gasteiger partial charge in [-0.3, -0.25) is 0 Å². The molecular weight excluding hydrogens is 300 g/mol. The number of fused-ring (bicyclic) bond motifs is 1. The topological polar surface area (TPSA) is 69.7 Å². The third-order valence-corrected chi connectivity index (χ3v) is 4.68. The molecule has 4 rings (SSSR count). The Kier molecular flexibility index (Phi) is 4.13. The number of piperidine rings is 1. The van der Waals surface area contributed by atoms with Gasteiger partial charge in [-0.25, -0.2) is 15.0 Å². The Labute approximate surface area is 141 Å². The van der Waals surface area contributed by atoms with Gasteiger partial charge in [0.2, 0.25) is 0 Å². The molecule has 24 heavy (non-hydrogen) atoms. The molecule has 1 aliphatic rings. The summed E-state index contributed by atoms with van der Waals surface area (Å²) in [5.41, 5.74) is 4.28. The highest BCUT2D eigenvalue weighted by atomic mass is 15.2. The van der Waals surface area contributed by atoms with E-state index in [1.54, 1.807) is 6.33 Å². The molecule has 3 aromatic heterocycles. The van der Waals surface area contributed by atoms with Crippen molar-refractivity contribution in [1.29, 1.82) is 0 Å². The van der Waals surface area contributed by atoms with E-state index in [-0.39, 0.29) is 0 Å². The van der Waals surface area contributed by atoms with Crippen LogP contribution in [0.3, 0.4) is 0 Å². The number of pyridine rings is 1.